The van der Waals surface area contributed by atoms with Crippen LogP contribution in [-0.2, 0) is 17.6 Å². The van der Waals surface area contributed by atoms with Crippen molar-refractivity contribution in [3.05, 3.63) is 70.3 Å². The monoisotopic (exact) mass is 428 g/mol. The normalized spacial score (nSPS) is 28.6. The van der Waals surface area contributed by atoms with Crippen LogP contribution in [0.25, 0.3) is 0 Å². The minimum absolute atomic E-state index is 0.192. The molecule has 6 heteroatoms. The van der Waals surface area contributed by atoms with Gasteiger partial charge in [0.05, 0.1) is 6.61 Å². The molecule has 1 heterocycles. The lowest BCUT2D eigenvalue weighted by Crippen LogP contribution is -2.55. The fourth-order valence-corrected chi connectivity index (χ4v) is 4.45. The minimum atomic E-state index is -1.38. The Bertz CT molecular complexity index is 861. The largest absolute Gasteiger partial charge is 0.396 e. The molecule has 1 saturated carbocycles. The van der Waals surface area contributed by atoms with Crippen molar-refractivity contribution in [3.63, 3.8) is 0 Å². The van der Waals surface area contributed by atoms with Crippen LogP contribution in [-0.4, -0.2) is 63.2 Å². The van der Waals surface area contributed by atoms with E-state index in [1.807, 2.05) is 12.1 Å². The summed E-state index contributed by atoms with van der Waals surface area (Å²) in [4.78, 5) is 0. The van der Waals surface area contributed by atoms with Crippen molar-refractivity contribution in [2.75, 3.05) is 13.2 Å². The highest BCUT2D eigenvalue weighted by Crippen LogP contribution is 2.43. The fraction of sp³-hybridized carbons (Fsp3) is 0.520. The molecule has 2 aromatic carbocycles. The number of aliphatic hydroxyl groups excluding tert-OH is 5. The van der Waals surface area contributed by atoms with Crippen LogP contribution in [0.4, 0.5) is 0 Å². The quantitative estimate of drug-likeness (QED) is 0.437. The van der Waals surface area contributed by atoms with Crippen molar-refractivity contribution in [1.82, 2.24) is 0 Å². The predicted molar refractivity (Wildman–Crippen MR) is 116 cm³/mol. The smallest absolute Gasteiger partial charge is 0.113 e. The second-order valence-corrected chi connectivity index (χ2v) is 8.80. The maximum absolute atomic E-state index is 10.5. The molecule has 0 bridgehead atoms. The Morgan fingerprint density at radius 2 is 1.55 bits per heavy atom. The van der Waals surface area contributed by atoms with E-state index in [4.69, 9.17) is 9.84 Å². The minimum Gasteiger partial charge on any atom is -0.396 e. The summed E-state index contributed by atoms with van der Waals surface area (Å²) in [5.41, 5.74) is 5.59. The zero-order valence-corrected chi connectivity index (χ0v) is 17.6. The number of hydrogen-bond acceptors (Lipinski definition) is 6. The summed E-state index contributed by atoms with van der Waals surface area (Å²) in [7, 11) is 0. The van der Waals surface area contributed by atoms with Gasteiger partial charge in [-0.15, -0.1) is 0 Å². The summed E-state index contributed by atoms with van der Waals surface area (Å²) in [6.45, 7) is -0.242. The van der Waals surface area contributed by atoms with E-state index < -0.39 is 37.1 Å². The van der Waals surface area contributed by atoms with E-state index in [-0.39, 0.29) is 6.61 Å². The lowest BCUT2D eigenvalue weighted by molar-refractivity contribution is -0.231. The highest BCUT2D eigenvalue weighted by Gasteiger charge is 2.44. The molecule has 168 valence electrons. The lowest BCUT2D eigenvalue weighted by Gasteiger charge is -2.40. The molecule has 5 atom stereocenters. The van der Waals surface area contributed by atoms with E-state index in [1.165, 1.54) is 35.1 Å². The molecule has 0 aromatic heterocycles. The van der Waals surface area contributed by atoms with Crippen LogP contribution < -0.4 is 0 Å². The van der Waals surface area contributed by atoms with Crippen molar-refractivity contribution in [2.24, 2.45) is 0 Å². The average molecular weight is 429 g/mol. The molecule has 0 spiro atoms. The zero-order chi connectivity index (χ0) is 22.0. The van der Waals surface area contributed by atoms with Crippen molar-refractivity contribution in [1.29, 1.82) is 0 Å². The molecule has 5 N–H and O–H groups in total. The van der Waals surface area contributed by atoms with Gasteiger partial charge < -0.3 is 30.3 Å². The molecule has 2 fully saturated rings. The SMILES string of the molecule is OCCCc1ccc(Cc2cc([C@@H]3O[C@H](CO)[C@@H](O)C(O)[C@H]3O)ccc2C2CC2)cc1. The van der Waals surface area contributed by atoms with Crippen LogP contribution in [0.15, 0.2) is 42.5 Å². The van der Waals surface area contributed by atoms with Crippen LogP contribution in [0.2, 0.25) is 0 Å². The Labute approximate surface area is 182 Å². The second-order valence-electron chi connectivity index (χ2n) is 8.80. The van der Waals surface area contributed by atoms with Gasteiger partial charge in [-0.1, -0.05) is 42.5 Å². The van der Waals surface area contributed by atoms with Gasteiger partial charge in [0.2, 0.25) is 0 Å². The molecular weight excluding hydrogens is 396 g/mol. The Balaban J connectivity index is 1.58. The van der Waals surface area contributed by atoms with Gasteiger partial charge in [-0.05, 0) is 65.8 Å². The Morgan fingerprint density at radius 3 is 2.19 bits per heavy atom. The number of hydrogen-bond donors (Lipinski definition) is 5. The van der Waals surface area contributed by atoms with Gasteiger partial charge in [-0.2, -0.15) is 0 Å². The Kier molecular flexibility index (Phi) is 7.06. The standard InChI is InChI=1S/C25H32O6/c26-11-1-2-15-3-5-16(6-4-15)12-19-13-18(9-10-20(19)17-7-8-17)25-24(30)23(29)22(28)21(14-27)31-25/h3-6,9-10,13,17,21-30H,1-2,7-8,11-12,14H2/t21-,22-,23?,24-,25+/m1/s1. The van der Waals surface area contributed by atoms with Gasteiger partial charge in [0.1, 0.15) is 30.5 Å². The maximum atomic E-state index is 10.5. The summed E-state index contributed by atoms with van der Waals surface area (Å²) in [5, 5.41) is 49.2. The number of aliphatic hydroxyl groups is 5. The van der Waals surface area contributed by atoms with Crippen LogP contribution in [0.5, 0.6) is 0 Å². The molecule has 1 saturated heterocycles. The van der Waals surface area contributed by atoms with E-state index in [2.05, 4.69) is 30.3 Å². The summed E-state index contributed by atoms with van der Waals surface area (Å²) in [5.74, 6) is 0.558. The third-order valence-electron chi connectivity index (χ3n) is 6.45. The number of ether oxygens (including phenoxy) is 1. The maximum Gasteiger partial charge on any atom is 0.113 e. The van der Waals surface area contributed by atoms with Crippen molar-refractivity contribution in [3.8, 4) is 0 Å². The van der Waals surface area contributed by atoms with E-state index in [0.29, 0.717) is 5.92 Å². The van der Waals surface area contributed by atoms with Crippen LogP contribution in [0, 0.1) is 0 Å². The summed E-state index contributed by atoms with van der Waals surface area (Å²) < 4.78 is 5.76. The van der Waals surface area contributed by atoms with Gasteiger partial charge >= 0.3 is 0 Å². The van der Waals surface area contributed by atoms with E-state index >= 15 is 0 Å². The molecule has 2 aliphatic rings. The molecule has 6 nitrogen and oxygen atoms in total. The zero-order valence-electron chi connectivity index (χ0n) is 17.6. The van der Waals surface area contributed by atoms with Gasteiger partial charge in [0, 0.05) is 6.61 Å². The van der Waals surface area contributed by atoms with Crippen LogP contribution in [0.3, 0.4) is 0 Å². The number of aryl methyl sites for hydroxylation is 1. The van der Waals surface area contributed by atoms with Crippen molar-refractivity contribution >= 4 is 0 Å². The highest BCUT2D eigenvalue weighted by atomic mass is 16.5. The van der Waals surface area contributed by atoms with Gasteiger partial charge in [0.15, 0.2) is 0 Å². The Morgan fingerprint density at radius 1 is 0.839 bits per heavy atom. The molecule has 1 unspecified atom stereocenters. The fourth-order valence-electron chi connectivity index (χ4n) is 4.45. The number of benzene rings is 2. The van der Waals surface area contributed by atoms with Crippen molar-refractivity contribution < 1.29 is 30.3 Å². The summed E-state index contributed by atoms with van der Waals surface area (Å²) in [6.07, 6.45) is -1.04. The first-order valence-corrected chi connectivity index (χ1v) is 11.1. The van der Waals surface area contributed by atoms with Gasteiger partial charge in [0.25, 0.3) is 0 Å². The molecule has 4 rings (SSSR count). The predicted octanol–water partition coefficient (Wildman–Crippen LogP) is 1.59. The molecule has 2 aromatic rings. The molecule has 0 radical (unpaired) electrons. The highest BCUT2D eigenvalue weighted by molar-refractivity contribution is 5.41. The van der Waals surface area contributed by atoms with E-state index in [1.54, 1.807) is 0 Å². The van der Waals surface area contributed by atoms with Crippen LogP contribution >= 0.6 is 0 Å². The third kappa shape index (κ3) is 5.00. The number of rotatable bonds is 8. The first-order chi connectivity index (χ1) is 15.0. The van der Waals surface area contributed by atoms with E-state index in [0.717, 1.165) is 24.8 Å². The van der Waals surface area contributed by atoms with E-state index in [9.17, 15) is 20.4 Å². The first-order valence-electron chi connectivity index (χ1n) is 11.1. The van der Waals surface area contributed by atoms with Crippen molar-refractivity contribution in [2.45, 2.75) is 68.5 Å². The first kappa shape index (κ1) is 22.4. The average Bonchev–Trinajstić information content (AvgIpc) is 3.63. The molecule has 1 aliphatic carbocycles. The third-order valence-corrected chi connectivity index (χ3v) is 6.45. The molecular formula is C25H32O6. The topological polar surface area (TPSA) is 110 Å². The summed E-state index contributed by atoms with van der Waals surface area (Å²) in [6, 6.07) is 14.5. The molecule has 31 heavy (non-hydrogen) atoms. The summed E-state index contributed by atoms with van der Waals surface area (Å²) >= 11 is 0. The van der Waals surface area contributed by atoms with Gasteiger partial charge in [-0.3, -0.25) is 0 Å². The molecule has 0 amide bonds. The van der Waals surface area contributed by atoms with Crippen LogP contribution in [0.1, 0.15) is 59.1 Å². The Hall–Kier alpha value is -1.80. The lowest BCUT2D eigenvalue weighted by atomic mass is 9.88. The second kappa shape index (κ2) is 9.77. The molecule has 1 aliphatic heterocycles. The van der Waals surface area contributed by atoms with Gasteiger partial charge in [-0.25, -0.2) is 0 Å².